The molecule has 0 spiro atoms. The number of nitrogens with zero attached hydrogens (tertiary/aromatic N) is 1. The predicted molar refractivity (Wildman–Crippen MR) is 84.3 cm³/mol. The van der Waals surface area contributed by atoms with Crippen LogP contribution in [0.3, 0.4) is 0 Å². The summed E-state index contributed by atoms with van der Waals surface area (Å²) in [4.78, 5) is 13.9. The molecule has 0 unspecified atom stereocenters. The number of carbonyl (C=O) groups is 1. The molecule has 2 aromatic rings. The summed E-state index contributed by atoms with van der Waals surface area (Å²) < 4.78 is 1.04. The van der Waals surface area contributed by atoms with Crippen LogP contribution in [0.1, 0.15) is 15.9 Å². The Hall–Kier alpha value is -0.550. The van der Waals surface area contributed by atoms with Crippen molar-refractivity contribution in [1.82, 2.24) is 4.90 Å². The largest absolute Gasteiger partial charge is 0.337 e. The van der Waals surface area contributed by atoms with Crippen LogP contribution in [0, 0.1) is 0 Å². The fourth-order valence-electron chi connectivity index (χ4n) is 1.67. The topological polar surface area (TPSA) is 20.3 Å². The Morgan fingerprint density at radius 3 is 2.53 bits per heavy atom. The van der Waals surface area contributed by atoms with Crippen molar-refractivity contribution in [2.45, 2.75) is 6.54 Å². The number of rotatable bonds is 3. The first-order chi connectivity index (χ1) is 8.99. The summed E-state index contributed by atoms with van der Waals surface area (Å²) in [5, 5.41) is 2.74. The number of carbonyl (C=O) groups excluding carboxylic acids is 1. The van der Waals surface area contributed by atoms with Gasteiger partial charge in [-0.05, 0) is 45.1 Å². The fraction of sp³-hybridized carbons (Fsp3) is 0.154. The van der Waals surface area contributed by atoms with Gasteiger partial charge < -0.3 is 4.90 Å². The van der Waals surface area contributed by atoms with Crippen molar-refractivity contribution < 1.29 is 4.79 Å². The monoisotopic (exact) mass is 377 g/mol. The van der Waals surface area contributed by atoms with Gasteiger partial charge in [-0.2, -0.15) is 0 Å². The van der Waals surface area contributed by atoms with Gasteiger partial charge in [-0.25, -0.2) is 0 Å². The molecule has 0 atom stereocenters. The molecule has 1 aromatic carbocycles. The van der Waals surface area contributed by atoms with Gasteiger partial charge in [-0.15, -0.1) is 11.3 Å². The Morgan fingerprint density at radius 2 is 2.00 bits per heavy atom. The number of hydrogen-bond donors (Lipinski definition) is 0. The van der Waals surface area contributed by atoms with E-state index in [-0.39, 0.29) is 5.91 Å². The van der Waals surface area contributed by atoms with Gasteiger partial charge in [0.15, 0.2) is 0 Å². The molecule has 0 aliphatic rings. The lowest BCUT2D eigenvalue weighted by atomic mass is 10.2. The Kier molecular flexibility index (Phi) is 4.90. The fourth-order valence-corrected chi connectivity index (χ4v) is 3.43. The summed E-state index contributed by atoms with van der Waals surface area (Å²) in [5.41, 5.74) is 1.42. The third-order valence-electron chi connectivity index (χ3n) is 2.56. The van der Waals surface area contributed by atoms with Gasteiger partial charge >= 0.3 is 0 Å². The third-order valence-corrected chi connectivity index (χ3v) is 4.75. The highest BCUT2D eigenvalue weighted by molar-refractivity contribution is 9.11. The highest BCUT2D eigenvalue weighted by atomic mass is 79.9. The summed E-state index contributed by atoms with van der Waals surface area (Å²) in [7, 11) is 1.73. The van der Waals surface area contributed by atoms with Crippen LogP contribution in [0.2, 0.25) is 10.0 Å². The molecule has 100 valence electrons. The zero-order valence-electron chi connectivity index (χ0n) is 9.99. The minimum atomic E-state index is -0.182. The van der Waals surface area contributed by atoms with E-state index in [4.69, 9.17) is 23.2 Å². The molecule has 6 heteroatoms. The van der Waals surface area contributed by atoms with Gasteiger partial charge in [0, 0.05) is 13.6 Å². The normalized spacial score (nSPS) is 10.5. The van der Waals surface area contributed by atoms with E-state index in [9.17, 15) is 4.79 Å². The Bertz CT molecular complexity index is 594. The first-order valence-electron chi connectivity index (χ1n) is 5.41. The molecular formula is C13H10BrCl2NOS. The van der Waals surface area contributed by atoms with Crippen molar-refractivity contribution in [2.24, 2.45) is 0 Å². The molecule has 0 saturated heterocycles. The highest BCUT2D eigenvalue weighted by Crippen LogP contribution is 2.27. The van der Waals surface area contributed by atoms with Crippen LogP contribution in [0.5, 0.6) is 0 Å². The molecule has 0 aliphatic heterocycles. The molecule has 1 aromatic heterocycles. The van der Waals surface area contributed by atoms with Gasteiger partial charge in [0.1, 0.15) is 0 Å². The number of thiophene rings is 1. The molecule has 0 saturated carbocycles. The summed E-state index contributed by atoms with van der Waals surface area (Å²) in [6.07, 6.45) is 0. The van der Waals surface area contributed by atoms with Crippen molar-refractivity contribution in [3.05, 3.63) is 54.6 Å². The Morgan fingerprint density at radius 1 is 1.37 bits per heavy atom. The Labute approximate surface area is 134 Å². The van der Waals surface area contributed by atoms with E-state index < -0.39 is 0 Å². The summed E-state index contributed by atoms with van der Waals surface area (Å²) in [6.45, 7) is 0.516. The summed E-state index contributed by atoms with van der Waals surface area (Å²) in [5.74, 6) is -0.182. The molecule has 1 amide bonds. The average Bonchev–Trinajstić information content (AvgIpc) is 2.74. The van der Waals surface area contributed by atoms with Crippen LogP contribution in [-0.4, -0.2) is 17.9 Å². The van der Waals surface area contributed by atoms with E-state index in [1.165, 1.54) is 0 Å². The molecule has 2 rings (SSSR count). The van der Waals surface area contributed by atoms with Crippen LogP contribution >= 0.6 is 50.5 Å². The van der Waals surface area contributed by atoms with Crippen molar-refractivity contribution in [3.8, 4) is 0 Å². The minimum absolute atomic E-state index is 0.182. The van der Waals surface area contributed by atoms with E-state index in [1.807, 2.05) is 11.4 Å². The molecule has 0 aliphatic carbocycles. The van der Waals surface area contributed by atoms with Gasteiger partial charge in [-0.1, -0.05) is 29.3 Å². The van der Waals surface area contributed by atoms with Crippen LogP contribution in [0.25, 0.3) is 0 Å². The molecule has 0 fully saturated rings. The van der Waals surface area contributed by atoms with Crippen molar-refractivity contribution in [1.29, 1.82) is 0 Å². The molecule has 19 heavy (non-hydrogen) atoms. The second-order valence-corrected chi connectivity index (χ2v) is 7.12. The second kappa shape index (κ2) is 6.27. The number of hydrogen-bond acceptors (Lipinski definition) is 2. The van der Waals surface area contributed by atoms with Gasteiger partial charge in [0.05, 0.1) is 19.4 Å². The molecular weight excluding hydrogens is 369 g/mol. The first kappa shape index (κ1) is 14.9. The number of benzene rings is 1. The van der Waals surface area contributed by atoms with Crippen LogP contribution in [-0.2, 0) is 6.54 Å². The smallest absolute Gasteiger partial charge is 0.256 e. The van der Waals surface area contributed by atoms with E-state index in [1.54, 1.807) is 41.5 Å². The molecule has 1 heterocycles. The van der Waals surface area contributed by atoms with E-state index >= 15 is 0 Å². The summed E-state index contributed by atoms with van der Waals surface area (Å²) >= 11 is 17.1. The third kappa shape index (κ3) is 3.51. The Balaban J connectivity index is 2.19. The quantitative estimate of drug-likeness (QED) is 0.728. The van der Waals surface area contributed by atoms with Gasteiger partial charge in [0.25, 0.3) is 5.91 Å². The lowest BCUT2D eigenvalue weighted by Gasteiger charge is -2.18. The van der Waals surface area contributed by atoms with Crippen molar-refractivity contribution >= 4 is 56.4 Å². The maximum atomic E-state index is 12.3. The molecule has 0 bridgehead atoms. The lowest BCUT2D eigenvalue weighted by molar-refractivity contribution is 0.0785. The van der Waals surface area contributed by atoms with E-state index in [2.05, 4.69) is 15.9 Å². The lowest BCUT2D eigenvalue weighted by Crippen LogP contribution is -2.26. The highest BCUT2D eigenvalue weighted by Gasteiger charge is 2.18. The first-order valence-corrected chi connectivity index (χ1v) is 7.84. The van der Waals surface area contributed by atoms with Crippen LogP contribution in [0.4, 0.5) is 0 Å². The van der Waals surface area contributed by atoms with Crippen LogP contribution in [0.15, 0.2) is 33.4 Å². The zero-order chi connectivity index (χ0) is 14.0. The minimum Gasteiger partial charge on any atom is -0.337 e. The average molecular weight is 379 g/mol. The van der Waals surface area contributed by atoms with Gasteiger partial charge in [0.2, 0.25) is 0 Å². The number of amides is 1. The van der Waals surface area contributed by atoms with Crippen LogP contribution < -0.4 is 0 Å². The van der Waals surface area contributed by atoms with E-state index in [0.717, 1.165) is 9.35 Å². The summed E-state index contributed by atoms with van der Waals surface area (Å²) in [6, 6.07) is 7.03. The van der Waals surface area contributed by atoms with Crippen molar-refractivity contribution in [3.63, 3.8) is 0 Å². The number of halogens is 3. The standard InChI is InChI=1S/C13H10BrCl2NOS/c1-17(6-8-5-11(14)19-7-8)13(18)12-9(15)3-2-4-10(12)16/h2-5,7H,6H2,1H3. The molecule has 0 radical (unpaired) electrons. The predicted octanol–water partition coefficient (Wildman–Crippen LogP) is 5.09. The molecule has 2 nitrogen and oxygen atoms in total. The van der Waals surface area contributed by atoms with E-state index in [0.29, 0.717) is 22.2 Å². The van der Waals surface area contributed by atoms with Crippen molar-refractivity contribution in [2.75, 3.05) is 7.05 Å². The maximum absolute atomic E-state index is 12.3. The van der Waals surface area contributed by atoms with Gasteiger partial charge in [-0.3, -0.25) is 4.79 Å². The SMILES string of the molecule is CN(Cc1csc(Br)c1)C(=O)c1c(Cl)cccc1Cl. The zero-order valence-corrected chi connectivity index (χ0v) is 13.9. The maximum Gasteiger partial charge on any atom is 0.256 e. The molecule has 0 N–H and O–H groups in total. The second-order valence-electron chi connectivity index (χ2n) is 4.02.